The van der Waals surface area contributed by atoms with Gasteiger partial charge in [-0.3, -0.25) is 0 Å². The summed E-state index contributed by atoms with van der Waals surface area (Å²) in [5.41, 5.74) is 0.822. The van der Waals surface area contributed by atoms with E-state index in [1.165, 1.54) is 12.8 Å². The van der Waals surface area contributed by atoms with Crippen LogP contribution in [-0.4, -0.2) is 0 Å². The van der Waals surface area contributed by atoms with Crippen molar-refractivity contribution in [3.8, 4) is 0 Å². The SMILES string of the molecule is CCCC(CC1C(C)C12CC(C(C)C)C2)C1C(C)C1C. The van der Waals surface area contributed by atoms with E-state index >= 15 is 0 Å². The van der Waals surface area contributed by atoms with Crippen molar-refractivity contribution in [3.63, 3.8) is 0 Å². The molecule has 116 valence electrons. The Balaban J connectivity index is 1.56. The Morgan fingerprint density at radius 3 is 2.10 bits per heavy atom. The molecule has 0 aromatic rings. The van der Waals surface area contributed by atoms with Crippen LogP contribution in [-0.2, 0) is 0 Å². The first-order valence-corrected chi connectivity index (χ1v) is 9.42. The summed E-state index contributed by atoms with van der Waals surface area (Å²) in [5, 5.41) is 0. The van der Waals surface area contributed by atoms with Crippen LogP contribution in [0.3, 0.4) is 0 Å². The molecule has 0 bridgehead atoms. The normalized spacial score (nSPS) is 51.1. The predicted molar refractivity (Wildman–Crippen MR) is 87.5 cm³/mol. The molecule has 20 heavy (non-hydrogen) atoms. The zero-order chi connectivity index (χ0) is 14.7. The molecule has 0 N–H and O–H groups in total. The number of rotatable bonds is 6. The molecule has 3 aliphatic carbocycles. The Labute approximate surface area is 127 Å². The van der Waals surface area contributed by atoms with E-state index in [0.29, 0.717) is 0 Å². The van der Waals surface area contributed by atoms with Gasteiger partial charge >= 0.3 is 0 Å². The van der Waals surface area contributed by atoms with Crippen molar-refractivity contribution in [2.75, 3.05) is 0 Å². The maximum atomic E-state index is 2.56. The van der Waals surface area contributed by atoms with Crippen LogP contribution in [0, 0.1) is 52.8 Å². The summed E-state index contributed by atoms with van der Waals surface area (Å²) in [7, 11) is 0. The second-order valence-electron chi connectivity index (χ2n) is 9.12. The van der Waals surface area contributed by atoms with E-state index in [2.05, 4.69) is 41.5 Å². The molecule has 0 aromatic heterocycles. The van der Waals surface area contributed by atoms with Crippen LogP contribution in [0.1, 0.15) is 73.6 Å². The van der Waals surface area contributed by atoms with Crippen molar-refractivity contribution >= 4 is 0 Å². The monoisotopic (exact) mass is 276 g/mol. The first-order chi connectivity index (χ1) is 9.42. The van der Waals surface area contributed by atoms with Crippen molar-refractivity contribution < 1.29 is 0 Å². The van der Waals surface area contributed by atoms with Gasteiger partial charge in [0.25, 0.3) is 0 Å². The lowest BCUT2D eigenvalue weighted by molar-refractivity contribution is 0.0907. The highest BCUT2D eigenvalue weighted by Crippen LogP contribution is 2.75. The van der Waals surface area contributed by atoms with Crippen LogP contribution >= 0.6 is 0 Å². The van der Waals surface area contributed by atoms with Crippen LogP contribution in [0.2, 0.25) is 0 Å². The number of hydrogen-bond donors (Lipinski definition) is 0. The highest BCUT2D eigenvalue weighted by Gasteiger charge is 2.67. The first kappa shape index (κ1) is 14.9. The fourth-order valence-corrected chi connectivity index (χ4v) is 6.03. The molecule has 0 aliphatic heterocycles. The molecule has 3 rings (SSSR count). The average Bonchev–Trinajstić information content (AvgIpc) is 3.12. The Kier molecular flexibility index (Phi) is 3.75. The summed E-state index contributed by atoms with van der Waals surface area (Å²) >= 11 is 0. The lowest BCUT2D eigenvalue weighted by Gasteiger charge is -2.41. The lowest BCUT2D eigenvalue weighted by Crippen LogP contribution is -2.32. The van der Waals surface area contributed by atoms with Gasteiger partial charge in [-0.15, -0.1) is 0 Å². The third kappa shape index (κ3) is 2.17. The third-order valence-corrected chi connectivity index (χ3v) is 8.03. The van der Waals surface area contributed by atoms with Gasteiger partial charge in [0.2, 0.25) is 0 Å². The minimum atomic E-state index is 0.822. The van der Waals surface area contributed by atoms with Gasteiger partial charge < -0.3 is 0 Å². The standard InChI is InChI=1S/C20H36/c1-7-8-16(19-13(4)14(19)5)9-18-15(6)20(18)10-17(11-20)12(2)3/h12-19H,7-11H2,1-6H3. The van der Waals surface area contributed by atoms with E-state index in [1.807, 2.05) is 0 Å². The molecule has 0 nitrogen and oxygen atoms in total. The fraction of sp³-hybridized carbons (Fsp3) is 1.00. The predicted octanol–water partition coefficient (Wildman–Crippen LogP) is 6.01. The fourth-order valence-electron chi connectivity index (χ4n) is 6.03. The average molecular weight is 277 g/mol. The van der Waals surface area contributed by atoms with Gasteiger partial charge in [-0.25, -0.2) is 0 Å². The minimum absolute atomic E-state index is 0.822. The molecule has 0 aromatic carbocycles. The van der Waals surface area contributed by atoms with Crippen LogP contribution in [0.25, 0.3) is 0 Å². The van der Waals surface area contributed by atoms with Crippen molar-refractivity contribution in [2.45, 2.75) is 73.6 Å². The summed E-state index contributed by atoms with van der Waals surface area (Å²) in [6.45, 7) is 14.8. The Hall–Kier alpha value is 0. The van der Waals surface area contributed by atoms with Gasteiger partial charge in [0.1, 0.15) is 0 Å². The van der Waals surface area contributed by atoms with E-state index in [1.54, 1.807) is 19.3 Å². The number of hydrogen-bond acceptors (Lipinski definition) is 0. The van der Waals surface area contributed by atoms with E-state index in [9.17, 15) is 0 Å². The van der Waals surface area contributed by atoms with Gasteiger partial charge in [0.05, 0.1) is 0 Å². The third-order valence-electron chi connectivity index (χ3n) is 8.03. The van der Waals surface area contributed by atoms with E-state index < -0.39 is 0 Å². The van der Waals surface area contributed by atoms with Crippen LogP contribution in [0.5, 0.6) is 0 Å². The Bertz CT molecular complexity index is 341. The molecule has 3 saturated carbocycles. The van der Waals surface area contributed by atoms with Gasteiger partial charge in [0.15, 0.2) is 0 Å². The first-order valence-electron chi connectivity index (χ1n) is 9.42. The summed E-state index contributed by atoms with van der Waals surface area (Å²) in [6, 6.07) is 0. The largest absolute Gasteiger partial charge is 0.0654 e. The summed E-state index contributed by atoms with van der Waals surface area (Å²) in [6.07, 6.45) is 7.57. The van der Waals surface area contributed by atoms with Gasteiger partial charge in [-0.1, -0.05) is 54.4 Å². The smallest absolute Gasteiger partial charge is 0.0232 e. The van der Waals surface area contributed by atoms with Gasteiger partial charge in [0, 0.05) is 0 Å². The van der Waals surface area contributed by atoms with E-state index in [-0.39, 0.29) is 0 Å². The van der Waals surface area contributed by atoms with Crippen molar-refractivity contribution in [1.29, 1.82) is 0 Å². The molecule has 5 unspecified atom stereocenters. The quantitative estimate of drug-likeness (QED) is 0.557. The maximum absolute atomic E-state index is 2.56. The zero-order valence-electron chi connectivity index (χ0n) is 14.7. The highest BCUT2D eigenvalue weighted by atomic mass is 14.7. The Morgan fingerprint density at radius 2 is 1.65 bits per heavy atom. The van der Waals surface area contributed by atoms with E-state index in [0.717, 1.165) is 52.8 Å². The van der Waals surface area contributed by atoms with Gasteiger partial charge in [-0.05, 0) is 72.0 Å². The molecule has 3 aliphatic rings. The summed E-state index contributed by atoms with van der Waals surface area (Å²) < 4.78 is 0. The molecule has 5 atom stereocenters. The molecule has 0 amide bonds. The molecule has 0 radical (unpaired) electrons. The minimum Gasteiger partial charge on any atom is -0.0654 e. The second kappa shape index (κ2) is 5.03. The zero-order valence-corrected chi connectivity index (χ0v) is 14.7. The molecule has 0 heterocycles. The molecular weight excluding hydrogens is 240 g/mol. The van der Waals surface area contributed by atoms with Gasteiger partial charge in [-0.2, -0.15) is 0 Å². The molecule has 3 fully saturated rings. The van der Waals surface area contributed by atoms with Crippen LogP contribution < -0.4 is 0 Å². The maximum Gasteiger partial charge on any atom is -0.0232 e. The molecular formula is C20H36. The topological polar surface area (TPSA) is 0 Å². The van der Waals surface area contributed by atoms with Crippen molar-refractivity contribution in [3.05, 3.63) is 0 Å². The summed E-state index contributed by atoms with van der Waals surface area (Å²) in [4.78, 5) is 0. The second-order valence-corrected chi connectivity index (χ2v) is 9.12. The Morgan fingerprint density at radius 1 is 1.05 bits per heavy atom. The van der Waals surface area contributed by atoms with Crippen molar-refractivity contribution in [1.82, 2.24) is 0 Å². The van der Waals surface area contributed by atoms with Crippen LogP contribution in [0.4, 0.5) is 0 Å². The molecule has 0 heteroatoms. The molecule has 1 spiro atoms. The van der Waals surface area contributed by atoms with Crippen molar-refractivity contribution in [2.24, 2.45) is 52.8 Å². The van der Waals surface area contributed by atoms with Crippen LogP contribution in [0.15, 0.2) is 0 Å². The molecule has 0 saturated heterocycles. The lowest BCUT2D eigenvalue weighted by atomic mass is 9.64. The summed E-state index contributed by atoms with van der Waals surface area (Å²) in [5.74, 6) is 8.25. The highest BCUT2D eigenvalue weighted by molar-refractivity contribution is 5.16. The van der Waals surface area contributed by atoms with E-state index in [4.69, 9.17) is 0 Å².